The summed E-state index contributed by atoms with van der Waals surface area (Å²) < 4.78 is 13.1. The number of hydrogen-bond acceptors (Lipinski definition) is 1. The minimum absolute atomic E-state index is 0.111. The third kappa shape index (κ3) is 2.36. The van der Waals surface area contributed by atoms with Crippen LogP contribution in [-0.2, 0) is 4.79 Å². The second-order valence-corrected chi connectivity index (χ2v) is 5.38. The highest BCUT2D eigenvalue weighted by atomic mass is 19.1. The zero-order valence-corrected chi connectivity index (χ0v) is 11.6. The van der Waals surface area contributed by atoms with Gasteiger partial charge >= 0.3 is 0 Å². The Kier molecular flexibility index (Phi) is 3.88. The summed E-state index contributed by atoms with van der Waals surface area (Å²) in [5.41, 5.74) is 4.60. The fourth-order valence-corrected chi connectivity index (χ4v) is 2.98. The van der Waals surface area contributed by atoms with Crippen LogP contribution in [0.2, 0.25) is 0 Å². The zero-order valence-electron chi connectivity index (χ0n) is 11.6. The second kappa shape index (κ2) is 5.25. The molecule has 0 bridgehead atoms. The maximum atomic E-state index is 13.1. The molecule has 1 fully saturated rings. The Morgan fingerprint density at radius 1 is 1.33 bits per heavy atom. The van der Waals surface area contributed by atoms with Crippen LogP contribution in [0.15, 0.2) is 22.3 Å². The van der Waals surface area contributed by atoms with Gasteiger partial charge in [0.25, 0.3) is 5.91 Å². The van der Waals surface area contributed by atoms with Crippen LogP contribution in [0.4, 0.5) is 4.39 Å². The van der Waals surface area contributed by atoms with Crippen molar-refractivity contribution < 1.29 is 9.18 Å². The van der Waals surface area contributed by atoms with Crippen LogP contribution < -0.4 is 0 Å². The first-order valence-corrected chi connectivity index (χ1v) is 6.86. The maximum absolute atomic E-state index is 13.1. The maximum Gasteiger partial charge on any atom is 0.254 e. The number of likely N-dealkylation sites (tertiary alicyclic amines) is 1. The minimum Gasteiger partial charge on any atom is -0.338 e. The Balaban J connectivity index is 2.14. The van der Waals surface area contributed by atoms with Crippen LogP contribution in [0.5, 0.6) is 0 Å². The first kappa shape index (κ1) is 13.3. The molecule has 0 radical (unpaired) electrons. The SMILES string of the molecule is CCC1=C(C)C(C(=O)N2CCC(F)CC2)=C(C)C1. The van der Waals surface area contributed by atoms with Crippen LogP contribution in [0.25, 0.3) is 0 Å². The molecule has 0 N–H and O–H groups in total. The van der Waals surface area contributed by atoms with Crippen molar-refractivity contribution in [2.45, 2.75) is 52.6 Å². The van der Waals surface area contributed by atoms with E-state index in [0.717, 1.165) is 24.0 Å². The van der Waals surface area contributed by atoms with Crippen LogP contribution in [0.1, 0.15) is 46.5 Å². The van der Waals surface area contributed by atoms with Gasteiger partial charge in [-0.3, -0.25) is 4.79 Å². The average Bonchev–Trinajstić information content (AvgIpc) is 2.64. The normalized spacial score (nSPS) is 22.1. The van der Waals surface area contributed by atoms with Gasteiger partial charge in [-0.15, -0.1) is 0 Å². The predicted molar refractivity (Wildman–Crippen MR) is 71.0 cm³/mol. The third-order valence-electron chi connectivity index (χ3n) is 4.16. The molecule has 100 valence electrons. The second-order valence-electron chi connectivity index (χ2n) is 5.38. The molecule has 0 aromatic rings. The molecular weight excluding hydrogens is 229 g/mol. The van der Waals surface area contributed by atoms with Gasteiger partial charge in [-0.05, 0) is 45.1 Å². The summed E-state index contributed by atoms with van der Waals surface area (Å²) in [7, 11) is 0. The molecule has 0 saturated carbocycles. The van der Waals surface area contributed by atoms with E-state index in [9.17, 15) is 9.18 Å². The summed E-state index contributed by atoms with van der Waals surface area (Å²) in [6.45, 7) is 7.34. The van der Waals surface area contributed by atoms with E-state index < -0.39 is 6.17 Å². The molecule has 0 aromatic carbocycles. The van der Waals surface area contributed by atoms with E-state index in [4.69, 9.17) is 0 Å². The molecule has 0 atom stereocenters. The number of halogens is 1. The highest BCUT2D eigenvalue weighted by Gasteiger charge is 2.29. The number of rotatable bonds is 2. The van der Waals surface area contributed by atoms with E-state index in [1.54, 1.807) is 0 Å². The number of nitrogens with zero attached hydrogens (tertiary/aromatic N) is 1. The number of carbonyl (C=O) groups excluding carboxylic acids is 1. The average molecular weight is 251 g/mol. The molecule has 0 aromatic heterocycles. The van der Waals surface area contributed by atoms with E-state index in [0.29, 0.717) is 25.9 Å². The summed E-state index contributed by atoms with van der Waals surface area (Å²) in [5, 5.41) is 0. The number of carbonyl (C=O) groups is 1. The monoisotopic (exact) mass is 251 g/mol. The summed E-state index contributed by atoms with van der Waals surface area (Å²) in [6, 6.07) is 0. The molecule has 3 heteroatoms. The first-order valence-electron chi connectivity index (χ1n) is 6.86. The Hall–Kier alpha value is -1.12. The predicted octanol–water partition coefficient (Wildman–Crippen LogP) is 3.39. The van der Waals surface area contributed by atoms with Crippen LogP contribution >= 0.6 is 0 Å². The lowest BCUT2D eigenvalue weighted by Gasteiger charge is -2.29. The Bertz CT molecular complexity index is 414. The summed E-state index contributed by atoms with van der Waals surface area (Å²) >= 11 is 0. The van der Waals surface area contributed by atoms with Gasteiger partial charge in [0.2, 0.25) is 0 Å². The van der Waals surface area contributed by atoms with Crippen molar-refractivity contribution in [2.24, 2.45) is 0 Å². The topological polar surface area (TPSA) is 20.3 Å². The van der Waals surface area contributed by atoms with Gasteiger partial charge in [0.1, 0.15) is 6.17 Å². The van der Waals surface area contributed by atoms with Crippen LogP contribution in [0, 0.1) is 0 Å². The Labute approximate surface area is 109 Å². The molecule has 2 nitrogen and oxygen atoms in total. The third-order valence-corrected chi connectivity index (χ3v) is 4.16. The number of alkyl halides is 1. The van der Waals surface area contributed by atoms with Crippen molar-refractivity contribution in [3.8, 4) is 0 Å². The van der Waals surface area contributed by atoms with Gasteiger partial charge in [0.15, 0.2) is 0 Å². The van der Waals surface area contributed by atoms with Crippen molar-refractivity contribution in [1.29, 1.82) is 0 Å². The molecule has 2 aliphatic rings. The molecule has 1 aliphatic heterocycles. The lowest BCUT2D eigenvalue weighted by molar-refractivity contribution is -0.128. The van der Waals surface area contributed by atoms with E-state index >= 15 is 0 Å². The standard InChI is InChI=1S/C15H22FNO/c1-4-12-9-10(2)14(11(12)3)15(18)17-7-5-13(16)6-8-17/h13H,4-9H2,1-3H3. The molecular formula is C15H22FNO. The number of piperidine rings is 1. The van der Waals surface area contributed by atoms with E-state index in [1.165, 1.54) is 11.1 Å². The minimum atomic E-state index is -0.726. The van der Waals surface area contributed by atoms with E-state index in [1.807, 2.05) is 18.7 Å². The number of amides is 1. The van der Waals surface area contributed by atoms with Gasteiger partial charge in [0.05, 0.1) is 0 Å². The summed E-state index contributed by atoms with van der Waals surface area (Å²) in [5.74, 6) is 0.111. The van der Waals surface area contributed by atoms with Crippen LogP contribution in [-0.4, -0.2) is 30.1 Å². The summed E-state index contributed by atoms with van der Waals surface area (Å²) in [4.78, 5) is 14.3. The van der Waals surface area contributed by atoms with Crippen molar-refractivity contribution in [3.05, 3.63) is 22.3 Å². The number of allylic oxidation sites excluding steroid dienone is 2. The van der Waals surface area contributed by atoms with Crippen molar-refractivity contribution in [3.63, 3.8) is 0 Å². The van der Waals surface area contributed by atoms with E-state index in [2.05, 4.69) is 6.92 Å². The molecule has 2 rings (SSSR count). The molecule has 1 amide bonds. The van der Waals surface area contributed by atoms with Gasteiger partial charge in [-0.25, -0.2) is 4.39 Å². The highest BCUT2D eigenvalue weighted by molar-refractivity contribution is 5.99. The molecule has 18 heavy (non-hydrogen) atoms. The largest absolute Gasteiger partial charge is 0.338 e. The van der Waals surface area contributed by atoms with E-state index in [-0.39, 0.29) is 5.91 Å². The zero-order chi connectivity index (χ0) is 13.3. The quantitative estimate of drug-likeness (QED) is 0.736. The lowest BCUT2D eigenvalue weighted by atomic mass is 10.0. The Morgan fingerprint density at radius 3 is 2.44 bits per heavy atom. The lowest BCUT2D eigenvalue weighted by Crippen LogP contribution is -2.40. The van der Waals surface area contributed by atoms with Crippen molar-refractivity contribution in [2.75, 3.05) is 13.1 Å². The van der Waals surface area contributed by atoms with Crippen LogP contribution in [0.3, 0.4) is 0 Å². The molecule has 1 heterocycles. The number of hydrogen-bond donors (Lipinski definition) is 0. The van der Waals surface area contributed by atoms with Crippen molar-refractivity contribution >= 4 is 5.91 Å². The fraction of sp³-hybridized carbons (Fsp3) is 0.667. The summed E-state index contributed by atoms with van der Waals surface area (Å²) in [6.07, 6.45) is 2.19. The van der Waals surface area contributed by atoms with Gasteiger partial charge in [0, 0.05) is 18.7 Å². The molecule has 1 saturated heterocycles. The van der Waals surface area contributed by atoms with Crippen molar-refractivity contribution in [1.82, 2.24) is 4.90 Å². The molecule has 0 spiro atoms. The smallest absolute Gasteiger partial charge is 0.254 e. The highest BCUT2D eigenvalue weighted by Crippen LogP contribution is 2.35. The first-order chi connectivity index (χ1) is 8.54. The van der Waals surface area contributed by atoms with Gasteiger partial charge in [-0.2, -0.15) is 0 Å². The van der Waals surface area contributed by atoms with Gasteiger partial charge in [-0.1, -0.05) is 18.1 Å². The van der Waals surface area contributed by atoms with Gasteiger partial charge < -0.3 is 4.90 Å². The molecule has 1 aliphatic carbocycles. The Morgan fingerprint density at radius 2 is 1.94 bits per heavy atom. The molecule has 0 unspecified atom stereocenters. The fourth-order valence-electron chi connectivity index (χ4n) is 2.98.